The molecule has 4 rings (SSSR count). The predicted octanol–water partition coefficient (Wildman–Crippen LogP) is 4.11. The predicted molar refractivity (Wildman–Crippen MR) is 116 cm³/mol. The number of hydrogen-bond donors (Lipinski definition) is 1. The molecule has 0 saturated heterocycles. The van der Waals surface area contributed by atoms with Gasteiger partial charge in [-0.15, -0.1) is 0 Å². The smallest absolute Gasteiger partial charge is 0.248 e. The van der Waals surface area contributed by atoms with Crippen molar-refractivity contribution in [2.45, 2.75) is 9.79 Å². The van der Waals surface area contributed by atoms with Crippen LogP contribution in [-0.2, 0) is 14.6 Å². The minimum atomic E-state index is -3.75. The molecular weight excluding hydrogens is 398 g/mol. The Morgan fingerprint density at radius 2 is 1.67 bits per heavy atom. The lowest BCUT2D eigenvalue weighted by molar-refractivity contribution is -0.111. The lowest BCUT2D eigenvalue weighted by atomic mass is 10.2. The van der Waals surface area contributed by atoms with Gasteiger partial charge in [0.1, 0.15) is 0 Å². The number of rotatable bonds is 5. The average molecular weight is 415 g/mol. The van der Waals surface area contributed by atoms with Gasteiger partial charge < -0.3 is 5.32 Å². The molecule has 0 bridgehead atoms. The van der Waals surface area contributed by atoms with E-state index in [1.165, 1.54) is 18.2 Å². The van der Waals surface area contributed by atoms with Gasteiger partial charge in [0, 0.05) is 35.7 Å². The van der Waals surface area contributed by atoms with Crippen molar-refractivity contribution < 1.29 is 13.2 Å². The Bertz CT molecular complexity index is 1330. The van der Waals surface area contributed by atoms with E-state index in [0.717, 1.165) is 10.9 Å². The summed E-state index contributed by atoms with van der Waals surface area (Å²) in [6.07, 6.45) is 7.91. The van der Waals surface area contributed by atoms with Crippen LogP contribution >= 0.6 is 0 Å². The number of pyridine rings is 2. The van der Waals surface area contributed by atoms with E-state index in [9.17, 15) is 13.2 Å². The van der Waals surface area contributed by atoms with E-state index >= 15 is 0 Å². The standard InChI is InChI=1S/C23H17N3O3S/c27-22(13-8-17-4-2-14-24-16-17)26-19-9-11-20(12-10-19)30(28,29)21-7-1-5-18-6-3-15-25-23(18)21/h1-16H,(H,26,27)/b13-8+. The van der Waals surface area contributed by atoms with Gasteiger partial charge in [0.2, 0.25) is 15.7 Å². The van der Waals surface area contributed by atoms with Gasteiger partial charge in [0.25, 0.3) is 0 Å². The molecule has 148 valence electrons. The van der Waals surface area contributed by atoms with Gasteiger partial charge in [0.05, 0.1) is 15.3 Å². The minimum absolute atomic E-state index is 0.129. The molecule has 7 heteroatoms. The molecule has 0 atom stereocenters. The number of aromatic nitrogens is 2. The van der Waals surface area contributed by atoms with Crippen molar-refractivity contribution in [3.8, 4) is 0 Å². The topological polar surface area (TPSA) is 89.0 Å². The van der Waals surface area contributed by atoms with Crippen molar-refractivity contribution >= 4 is 38.4 Å². The fraction of sp³-hybridized carbons (Fsp3) is 0. The summed E-state index contributed by atoms with van der Waals surface area (Å²) in [5.74, 6) is -0.326. The Hall–Kier alpha value is -3.84. The van der Waals surface area contributed by atoms with Gasteiger partial charge in [0.15, 0.2) is 0 Å². The lowest BCUT2D eigenvalue weighted by Crippen LogP contribution is -2.08. The Labute approximate surface area is 173 Å². The molecule has 1 amide bonds. The number of carbonyl (C=O) groups excluding carboxylic acids is 1. The highest BCUT2D eigenvalue weighted by molar-refractivity contribution is 7.91. The van der Waals surface area contributed by atoms with Gasteiger partial charge in [-0.05, 0) is 54.1 Å². The summed E-state index contributed by atoms with van der Waals surface area (Å²) in [5, 5.41) is 3.46. The Morgan fingerprint density at radius 3 is 2.43 bits per heavy atom. The van der Waals surface area contributed by atoms with Crippen LogP contribution in [0.15, 0.2) is 101 Å². The van der Waals surface area contributed by atoms with E-state index in [0.29, 0.717) is 11.2 Å². The van der Waals surface area contributed by atoms with E-state index in [1.807, 2.05) is 18.2 Å². The maximum Gasteiger partial charge on any atom is 0.248 e. The summed E-state index contributed by atoms with van der Waals surface area (Å²) in [5.41, 5.74) is 1.72. The number of nitrogens with one attached hydrogen (secondary N) is 1. The number of hydrogen-bond acceptors (Lipinski definition) is 5. The van der Waals surface area contributed by atoms with Crippen LogP contribution in [0.5, 0.6) is 0 Å². The van der Waals surface area contributed by atoms with E-state index in [4.69, 9.17) is 0 Å². The summed E-state index contributed by atoms with van der Waals surface area (Å²) in [4.78, 5) is 20.6. The first-order chi connectivity index (χ1) is 14.5. The maximum absolute atomic E-state index is 13.1. The molecule has 2 aromatic heterocycles. The average Bonchev–Trinajstić information content (AvgIpc) is 2.78. The molecule has 0 radical (unpaired) electrons. The van der Waals surface area contributed by atoms with Gasteiger partial charge in [-0.2, -0.15) is 0 Å². The molecule has 0 fully saturated rings. The third-order valence-corrected chi connectivity index (χ3v) is 6.23. The van der Waals surface area contributed by atoms with Crippen molar-refractivity contribution in [2.24, 2.45) is 0 Å². The summed E-state index contributed by atoms with van der Waals surface area (Å²) in [6.45, 7) is 0. The van der Waals surface area contributed by atoms with Crippen LogP contribution in [0.2, 0.25) is 0 Å². The molecule has 0 spiro atoms. The Balaban J connectivity index is 1.54. The molecular formula is C23H17N3O3S. The van der Waals surface area contributed by atoms with Crippen molar-refractivity contribution in [1.29, 1.82) is 0 Å². The van der Waals surface area contributed by atoms with Crippen LogP contribution in [0.25, 0.3) is 17.0 Å². The zero-order valence-electron chi connectivity index (χ0n) is 15.8. The van der Waals surface area contributed by atoms with Crippen LogP contribution < -0.4 is 5.32 Å². The zero-order valence-corrected chi connectivity index (χ0v) is 16.6. The van der Waals surface area contributed by atoms with Crippen molar-refractivity contribution in [3.05, 3.63) is 97.0 Å². The van der Waals surface area contributed by atoms with Gasteiger partial charge >= 0.3 is 0 Å². The van der Waals surface area contributed by atoms with Crippen LogP contribution in [0.3, 0.4) is 0 Å². The molecule has 2 aromatic carbocycles. The molecule has 30 heavy (non-hydrogen) atoms. The molecule has 0 aliphatic rings. The summed E-state index contributed by atoms with van der Waals surface area (Å²) in [7, 11) is -3.75. The quantitative estimate of drug-likeness (QED) is 0.496. The van der Waals surface area contributed by atoms with E-state index < -0.39 is 9.84 Å². The number of para-hydroxylation sites is 1. The summed E-state index contributed by atoms with van der Waals surface area (Å²) in [6, 6.07) is 18.3. The molecule has 0 saturated carbocycles. The van der Waals surface area contributed by atoms with Crippen LogP contribution in [0, 0.1) is 0 Å². The summed E-state index contributed by atoms with van der Waals surface area (Å²) >= 11 is 0. The minimum Gasteiger partial charge on any atom is -0.323 e. The summed E-state index contributed by atoms with van der Waals surface area (Å²) < 4.78 is 26.2. The second kappa shape index (κ2) is 8.26. The second-order valence-corrected chi connectivity index (χ2v) is 8.39. The molecule has 0 aliphatic carbocycles. The van der Waals surface area contributed by atoms with Crippen LogP contribution in [0.4, 0.5) is 5.69 Å². The van der Waals surface area contributed by atoms with E-state index in [2.05, 4.69) is 15.3 Å². The monoisotopic (exact) mass is 415 g/mol. The molecule has 4 aromatic rings. The first kappa shape index (κ1) is 19.5. The Kier molecular flexibility index (Phi) is 5.36. The Morgan fingerprint density at radius 1 is 0.900 bits per heavy atom. The SMILES string of the molecule is O=C(/C=C/c1cccnc1)Nc1ccc(S(=O)(=O)c2cccc3cccnc23)cc1. The molecule has 0 unspecified atom stereocenters. The lowest BCUT2D eigenvalue weighted by Gasteiger charge is -2.09. The fourth-order valence-corrected chi connectivity index (χ4v) is 4.40. The second-order valence-electron chi connectivity index (χ2n) is 6.47. The number of carbonyl (C=O) groups is 1. The highest BCUT2D eigenvalue weighted by Gasteiger charge is 2.21. The van der Waals surface area contributed by atoms with E-state index in [-0.39, 0.29) is 15.7 Å². The van der Waals surface area contributed by atoms with E-state index in [1.54, 1.807) is 61.1 Å². The fourth-order valence-electron chi connectivity index (χ4n) is 2.97. The van der Waals surface area contributed by atoms with Crippen molar-refractivity contribution in [3.63, 3.8) is 0 Å². The molecule has 0 aliphatic heterocycles. The number of nitrogens with zero attached hydrogens (tertiary/aromatic N) is 2. The van der Waals surface area contributed by atoms with Crippen molar-refractivity contribution in [1.82, 2.24) is 9.97 Å². The highest BCUT2D eigenvalue weighted by Crippen LogP contribution is 2.27. The van der Waals surface area contributed by atoms with Crippen LogP contribution in [-0.4, -0.2) is 24.3 Å². The number of benzene rings is 2. The number of fused-ring (bicyclic) bond motifs is 1. The highest BCUT2D eigenvalue weighted by atomic mass is 32.2. The third-order valence-electron chi connectivity index (χ3n) is 4.43. The molecule has 1 N–H and O–H groups in total. The van der Waals surface area contributed by atoms with Crippen molar-refractivity contribution in [2.75, 3.05) is 5.32 Å². The maximum atomic E-state index is 13.1. The number of amides is 1. The molecule has 6 nitrogen and oxygen atoms in total. The molecule has 2 heterocycles. The normalized spacial score (nSPS) is 11.6. The van der Waals surface area contributed by atoms with Gasteiger partial charge in [-0.25, -0.2) is 8.42 Å². The van der Waals surface area contributed by atoms with Crippen LogP contribution in [0.1, 0.15) is 5.56 Å². The first-order valence-electron chi connectivity index (χ1n) is 9.12. The third kappa shape index (κ3) is 4.11. The number of sulfone groups is 1. The van der Waals surface area contributed by atoms with Gasteiger partial charge in [-0.1, -0.05) is 24.3 Å². The first-order valence-corrected chi connectivity index (χ1v) is 10.6. The number of anilines is 1. The largest absolute Gasteiger partial charge is 0.323 e. The zero-order chi connectivity index (χ0) is 21.0. The van der Waals surface area contributed by atoms with Gasteiger partial charge in [-0.3, -0.25) is 14.8 Å².